The number of benzene rings is 1. The van der Waals surface area contributed by atoms with Crippen molar-refractivity contribution in [3.63, 3.8) is 0 Å². The first-order chi connectivity index (χ1) is 9.69. The Morgan fingerprint density at radius 1 is 1.45 bits per heavy atom. The summed E-state index contributed by atoms with van der Waals surface area (Å²) in [6.45, 7) is 2.99. The molecule has 0 radical (unpaired) electrons. The minimum absolute atomic E-state index is 0.193. The third kappa shape index (κ3) is 2.39. The second kappa shape index (κ2) is 5.42. The van der Waals surface area contributed by atoms with Crippen LogP contribution in [0.5, 0.6) is 0 Å². The van der Waals surface area contributed by atoms with E-state index >= 15 is 0 Å². The summed E-state index contributed by atoms with van der Waals surface area (Å²) in [5, 5.41) is 1.06. The van der Waals surface area contributed by atoms with Gasteiger partial charge in [0.1, 0.15) is 17.2 Å². The van der Waals surface area contributed by atoms with E-state index in [0.717, 1.165) is 33.6 Å². The monoisotopic (exact) mass is 333 g/mol. The number of aromatic nitrogens is 2. The molecule has 1 aromatic carbocycles. The number of para-hydroxylation sites is 1. The molecule has 20 heavy (non-hydrogen) atoms. The van der Waals surface area contributed by atoms with Crippen LogP contribution in [0.2, 0.25) is 0 Å². The highest BCUT2D eigenvalue weighted by atomic mass is 79.9. The lowest BCUT2D eigenvalue weighted by molar-refractivity contribution is 0.482. The number of furan rings is 1. The van der Waals surface area contributed by atoms with Crippen LogP contribution in [0.4, 0.5) is 0 Å². The van der Waals surface area contributed by atoms with E-state index in [1.54, 1.807) is 6.20 Å². The second-order valence-corrected chi connectivity index (χ2v) is 5.60. The predicted molar refractivity (Wildman–Crippen MR) is 82.4 cm³/mol. The number of rotatable bonds is 4. The van der Waals surface area contributed by atoms with Crippen LogP contribution in [-0.2, 0) is 13.0 Å². The normalized spacial score (nSPS) is 12.9. The molecule has 4 nitrogen and oxygen atoms in total. The van der Waals surface area contributed by atoms with E-state index < -0.39 is 0 Å². The molecular weight excluding hydrogens is 318 g/mol. The number of hydrogen-bond acceptors (Lipinski definition) is 3. The van der Waals surface area contributed by atoms with Crippen molar-refractivity contribution < 1.29 is 4.42 Å². The van der Waals surface area contributed by atoms with Crippen LogP contribution in [0.25, 0.3) is 11.0 Å². The third-order valence-corrected chi connectivity index (χ3v) is 4.05. The van der Waals surface area contributed by atoms with Crippen molar-refractivity contribution in [3.8, 4) is 0 Å². The molecule has 2 aromatic heterocycles. The first kappa shape index (κ1) is 13.4. The summed E-state index contributed by atoms with van der Waals surface area (Å²) in [6, 6.07) is 7.78. The second-order valence-electron chi connectivity index (χ2n) is 4.75. The van der Waals surface area contributed by atoms with Gasteiger partial charge in [-0.3, -0.25) is 0 Å². The Hall–Kier alpha value is -1.59. The molecule has 2 N–H and O–H groups in total. The van der Waals surface area contributed by atoms with Crippen LogP contribution in [0.3, 0.4) is 0 Å². The predicted octanol–water partition coefficient (Wildman–Crippen LogP) is 3.65. The van der Waals surface area contributed by atoms with Crippen molar-refractivity contribution >= 4 is 26.9 Å². The van der Waals surface area contributed by atoms with Gasteiger partial charge in [0, 0.05) is 30.7 Å². The third-order valence-electron chi connectivity index (χ3n) is 3.43. The van der Waals surface area contributed by atoms with Gasteiger partial charge in [-0.2, -0.15) is 0 Å². The van der Waals surface area contributed by atoms with Crippen molar-refractivity contribution in [2.45, 2.75) is 25.9 Å². The van der Waals surface area contributed by atoms with Crippen LogP contribution in [0.1, 0.15) is 24.6 Å². The molecule has 1 atom stereocenters. The Morgan fingerprint density at radius 2 is 2.30 bits per heavy atom. The SMILES string of the molecule is CCn1ccnc1CC(N)c1cc2cccc(Br)c2o1. The van der Waals surface area contributed by atoms with Gasteiger partial charge in [-0.15, -0.1) is 0 Å². The maximum atomic E-state index is 6.26. The van der Waals surface area contributed by atoms with Gasteiger partial charge in [0.25, 0.3) is 0 Å². The minimum Gasteiger partial charge on any atom is -0.458 e. The fourth-order valence-electron chi connectivity index (χ4n) is 2.35. The van der Waals surface area contributed by atoms with Crippen LogP contribution < -0.4 is 5.73 Å². The Labute approximate surface area is 125 Å². The zero-order valence-electron chi connectivity index (χ0n) is 11.2. The molecule has 0 amide bonds. The maximum absolute atomic E-state index is 6.26. The first-order valence-electron chi connectivity index (χ1n) is 6.62. The summed E-state index contributed by atoms with van der Waals surface area (Å²) in [6.07, 6.45) is 4.44. The van der Waals surface area contributed by atoms with E-state index in [4.69, 9.17) is 10.2 Å². The Kier molecular flexibility index (Phi) is 3.63. The highest BCUT2D eigenvalue weighted by Crippen LogP contribution is 2.29. The Balaban J connectivity index is 1.89. The van der Waals surface area contributed by atoms with Crippen molar-refractivity contribution in [1.82, 2.24) is 9.55 Å². The zero-order chi connectivity index (χ0) is 14.1. The summed E-state index contributed by atoms with van der Waals surface area (Å²) >= 11 is 3.49. The molecule has 3 rings (SSSR count). The first-order valence-corrected chi connectivity index (χ1v) is 7.42. The number of hydrogen-bond donors (Lipinski definition) is 1. The van der Waals surface area contributed by atoms with Gasteiger partial charge in [-0.1, -0.05) is 12.1 Å². The van der Waals surface area contributed by atoms with Gasteiger partial charge >= 0.3 is 0 Å². The van der Waals surface area contributed by atoms with Gasteiger partial charge in [0.15, 0.2) is 0 Å². The van der Waals surface area contributed by atoms with Gasteiger partial charge in [-0.25, -0.2) is 4.98 Å². The smallest absolute Gasteiger partial charge is 0.148 e. The lowest BCUT2D eigenvalue weighted by Gasteiger charge is -2.09. The Bertz CT molecular complexity index is 732. The highest BCUT2D eigenvalue weighted by molar-refractivity contribution is 9.10. The molecule has 0 aliphatic carbocycles. The summed E-state index contributed by atoms with van der Waals surface area (Å²) in [5.41, 5.74) is 7.11. The molecule has 0 aliphatic heterocycles. The molecule has 0 saturated heterocycles. The summed E-state index contributed by atoms with van der Waals surface area (Å²) < 4.78 is 8.92. The van der Waals surface area contributed by atoms with E-state index in [2.05, 4.69) is 32.4 Å². The molecule has 104 valence electrons. The number of nitrogens with zero attached hydrogens (tertiary/aromatic N) is 2. The largest absolute Gasteiger partial charge is 0.458 e. The lowest BCUT2D eigenvalue weighted by Crippen LogP contribution is -2.15. The average Bonchev–Trinajstić information content (AvgIpc) is 3.05. The van der Waals surface area contributed by atoms with Crippen LogP contribution in [0.15, 0.2) is 45.5 Å². The fourth-order valence-corrected chi connectivity index (χ4v) is 2.81. The minimum atomic E-state index is -0.193. The van der Waals surface area contributed by atoms with Crippen molar-refractivity contribution in [3.05, 3.63) is 52.7 Å². The van der Waals surface area contributed by atoms with Crippen LogP contribution >= 0.6 is 15.9 Å². The van der Waals surface area contributed by atoms with Gasteiger partial charge in [0.2, 0.25) is 0 Å². The molecule has 1 unspecified atom stereocenters. The van der Waals surface area contributed by atoms with E-state index in [0.29, 0.717) is 6.42 Å². The number of aryl methyl sites for hydroxylation is 1. The molecule has 0 fully saturated rings. The van der Waals surface area contributed by atoms with Crippen molar-refractivity contribution in [1.29, 1.82) is 0 Å². The maximum Gasteiger partial charge on any atom is 0.148 e. The molecule has 0 aliphatic rings. The van der Waals surface area contributed by atoms with E-state index in [9.17, 15) is 0 Å². The fraction of sp³-hybridized carbons (Fsp3) is 0.267. The van der Waals surface area contributed by atoms with E-state index in [1.165, 1.54) is 0 Å². The summed E-state index contributed by atoms with van der Waals surface area (Å²) in [5.74, 6) is 1.78. The van der Waals surface area contributed by atoms with Crippen LogP contribution in [0, 0.1) is 0 Å². The number of nitrogens with two attached hydrogens (primary N) is 1. The molecule has 5 heteroatoms. The van der Waals surface area contributed by atoms with Gasteiger partial charge < -0.3 is 14.7 Å². The summed E-state index contributed by atoms with van der Waals surface area (Å²) in [4.78, 5) is 4.36. The van der Waals surface area contributed by atoms with Crippen LogP contribution in [-0.4, -0.2) is 9.55 Å². The van der Waals surface area contributed by atoms with Gasteiger partial charge in [0.05, 0.1) is 10.5 Å². The standard InChI is InChI=1S/C15H16BrN3O/c1-2-19-7-6-18-14(19)9-12(17)13-8-10-4-3-5-11(16)15(10)20-13/h3-8,12H,2,9,17H2,1H3. The number of halogens is 1. The molecule has 0 bridgehead atoms. The average molecular weight is 334 g/mol. The van der Waals surface area contributed by atoms with E-state index in [1.807, 2.05) is 30.5 Å². The number of fused-ring (bicyclic) bond motifs is 1. The molecule has 3 aromatic rings. The quantitative estimate of drug-likeness (QED) is 0.792. The van der Waals surface area contributed by atoms with Crippen molar-refractivity contribution in [2.75, 3.05) is 0 Å². The Morgan fingerprint density at radius 3 is 3.05 bits per heavy atom. The highest BCUT2D eigenvalue weighted by Gasteiger charge is 2.16. The molecule has 0 saturated carbocycles. The van der Waals surface area contributed by atoms with E-state index in [-0.39, 0.29) is 6.04 Å². The molecule has 2 heterocycles. The topological polar surface area (TPSA) is 57.0 Å². The molecule has 0 spiro atoms. The number of imidazole rings is 1. The lowest BCUT2D eigenvalue weighted by atomic mass is 10.1. The van der Waals surface area contributed by atoms with Crippen molar-refractivity contribution in [2.24, 2.45) is 5.73 Å². The zero-order valence-corrected chi connectivity index (χ0v) is 12.8. The van der Waals surface area contributed by atoms with Gasteiger partial charge in [-0.05, 0) is 35.0 Å². The molecular formula is C15H16BrN3O. The summed E-state index contributed by atoms with van der Waals surface area (Å²) in [7, 11) is 0.